The minimum atomic E-state index is -0.0546. The van der Waals surface area contributed by atoms with E-state index in [1.165, 1.54) is 0 Å². The predicted molar refractivity (Wildman–Crippen MR) is 104 cm³/mol. The predicted octanol–water partition coefficient (Wildman–Crippen LogP) is 0.422. The molecular formula is C17H22N8O2. The second-order valence-electron chi connectivity index (χ2n) is 5.67. The van der Waals surface area contributed by atoms with Crippen molar-refractivity contribution in [2.45, 2.75) is 6.54 Å². The van der Waals surface area contributed by atoms with E-state index in [2.05, 4.69) is 35.9 Å². The van der Waals surface area contributed by atoms with E-state index in [-0.39, 0.29) is 25.0 Å². The van der Waals surface area contributed by atoms with Gasteiger partial charge in [0.15, 0.2) is 11.6 Å². The minimum absolute atomic E-state index is 0.0514. The summed E-state index contributed by atoms with van der Waals surface area (Å²) in [7, 11) is 0. The Morgan fingerprint density at radius 3 is 2.07 bits per heavy atom. The van der Waals surface area contributed by atoms with E-state index < -0.39 is 0 Å². The third kappa shape index (κ3) is 4.68. The number of nitrogens with one attached hydrogen (secondary N) is 3. The van der Waals surface area contributed by atoms with Gasteiger partial charge in [-0.3, -0.25) is 0 Å². The number of hydrogen-bond acceptors (Lipinski definition) is 10. The second kappa shape index (κ2) is 8.92. The van der Waals surface area contributed by atoms with Crippen molar-refractivity contribution in [3.63, 3.8) is 0 Å². The maximum atomic E-state index is 9.02. The second-order valence-corrected chi connectivity index (χ2v) is 5.67. The lowest BCUT2D eigenvalue weighted by Gasteiger charge is -2.13. The van der Waals surface area contributed by atoms with Crippen molar-refractivity contribution in [2.75, 3.05) is 48.0 Å². The highest BCUT2D eigenvalue weighted by Gasteiger charge is 2.14. The number of nitrogens with two attached hydrogens (primary N) is 1. The van der Waals surface area contributed by atoms with Crippen LogP contribution >= 0.6 is 0 Å². The summed E-state index contributed by atoms with van der Waals surface area (Å²) in [5, 5.41) is 27.1. The van der Waals surface area contributed by atoms with Crippen LogP contribution in [-0.4, -0.2) is 56.5 Å². The summed E-state index contributed by atoms with van der Waals surface area (Å²) >= 11 is 0. The van der Waals surface area contributed by atoms with Gasteiger partial charge < -0.3 is 31.9 Å². The molecule has 0 fully saturated rings. The number of rotatable bonds is 9. The third-order valence-corrected chi connectivity index (χ3v) is 3.66. The first kappa shape index (κ1) is 18.5. The number of aliphatic hydroxyl groups is 2. The van der Waals surface area contributed by atoms with Crippen molar-refractivity contribution in [3.05, 3.63) is 35.9 Å². The van der Waals surface area contributed by atoms with Gasteiger partial charge in [-0.1, -0.05) is 30.3 Å². The molecule has 10 heteroatoms. The maximum Gasteiger partial charge on any atom is 0.225 e. The molecular weight excluding hydrogens is 348 g/mol. The molecule has 0 bridgehead atoms. The van der Waals surface area contributed by atoms with E-state index in [1.807, 2.05) is 30.3 Å². The SMILES string of the molecule is Nc1nc(NCCO)nc2c(NCc3ccccc3)nc(NCCO)nc12. The van der Waals surface area contributed by atoms with Crippen LogP contribution in [0.5, 0.6) is 0 Å². The van der Waals surface area contributed by atoms with E-state index in [0.29, 0.717) is 42.4 Å². The van der Waals surface area contributed by atoms with Gasteiger partial charge in [-0.05, 0) is 5.56 Å². The van der Waals surface area contributed by atoms with E-state index in [1.54, 1.807) is 0 Å². The normalized spacial score (nSPS) is 10.7. The standard InChI is InChI=1S/C17H22N8O2/c18-14-12-13(23-16(24-14)19-6-8-26)15(25-17(22-12)20-7-9-27)21-10-11-4-2-1-3-5-11/h1-5,26-27H,6-10H2,(H3,18,19,23,24)(H2,20,21,22,25). The molecule has 0 spiro atoms. The van der Waals surface area contributed by atoms with Crippen LogP contribution < -0.4 is 21.7 Å². The molecule has 0 atom stereocenters. The molecule has 3 rings (SSSR count). The monoisotopic (exact) mass is 370 g/mol. The average Bonchev–Trinajstić information content (AvgIpc) is 2.70. The molecule has 0 saturated carbocycles. The number of nitrogen functional groups attached to an aromatic ring is 1. The quantitative estimate of drug-likeness (QED) is 0.312. The average molecular weight is 370 g/mol. The number of nitrogens with zero attached hydrogens (tertiary/aromatic N) is 4. The lowest BCUT2D eigenvalue weighted by atomic mass is 10.2. The van der Waals surface area contributed by atoms with Gasteiger partial charge in [0.2, 0.25) is 11.9 Å². The fraction of sp³-hybridized carbons (Fsp3) is 0.294. The van der Waals surface area contributed by atoms with Gasteiger partial charge in [-0.15, -0.1) is 0 Å². The van der Waals surface area contributed by atoms with Crippen LogP contribution in [0.3, 0.4) is 0 Å². The van der Waals surface area contributed by atoms with Crippen LogP contribution in [0, 0.1) is 0 Å². The van der Waals surface area contributed by atoms with Gasteiger partial charge >= 0.3 is 0 Å². The zero-order valence-electron chi connectivity index (χ0n) is 14.7. The Kier molecular flexibility index (Phi) is 6.13. The van der Waals surface area contributed by atoms with Gasteiger partial charge in [0.1, 0.15) is 11.0 Å². The molecule has 0 amide bonds. The van der Waals surface area contributed by atoms with E-state index >= 15 is 0 Å². The zero-order valence-corrected chi connectivity index (χ0v) is 14.7. The van der Waals surface area contributed by atoms with Crippen LogP contribution in [0.2, 0.25) is 0 Å². The van der Waals surface area contributed by atoms with Crippen molar-refractivity contribution in [1.29, 1.82) is 0 Å². The summed E-state index contributed by atoms with van der Waals surface area (Å²) < 4.78 is 0. The Balaban J connectivity index is 1.98. The van der Waals surface area contributed by atoms with E-state index in [0.717, 1.165) is 5.56 Å². The Morgan fingerprint density at radius 2 is 1.41 bits per heavy atom. The van der Waals surface area contributed by atoms with E-state index in [4.69, 9.17) is 15.9 Å². The molecule has 0 aliphatic carbocycles. The number of aromatic nitrogens is 4. The molecule has 3 aromatic rings. The van der Waals surface area contributed by atoms with Crippen molar-refractivity contribution in [1.82, 2.24) is 19.9 Å². The smallest absolute Gasteiger partial charge is 0.225 e. The number of hydrogen-bond donors (Lipinski definition) is 6. The van der Waals surface area contributed by atoms with Crippen LogP contribution in [0.4, 0.5) is 23.5 Å². The van der Waals surface area contributed by atoms with Crippen LogP contribution in [0.1, 0.15) is 5.56 Å². The van der Waals surface area contributed by atoms with Gasteiger partial charge in [-0.2, -0.15) is 9.97 Å². The molecule has 142 valence electrons. The summed E-state index contributed by atoms with van der Waals surface area (Å²) in [5.41, 5.74) is 8.00. The Bertz CT molecular complexity index is 891. The minimum Gasteiger partial charge on any atom is -0.395 e. The third-order valence-electron chi connectivity index (χ3n) is 3.66. The summed E-state index contributed by atoms with van der Waals surface area (Å²) in [6.45, 7) is 1.04. The van der Waals surface area contributed by atoms with E-state index in [9.17, 15) is 0 Å². The highest BCUT2D eigenvalue weighted by Crippen LogP contribution is 2.25. The van der Waals surface area contributed by atoms with Crippen molar-refractivity contribution >= 4 is 34.6 Å². The van der Waals surface area contributed by atoms with Gasteiger partial charge in [-0.25, -0.2) is 9.97 Å². The highest BCUT2D eigenvalue weighted by atomic mass is 16.3. The highest BCUT2D eigenvalue weighted by molar-refractivity contribution is 5.93. The Labute approximate surface area is 155 Å². The summed E-state index contributed by atoms with van der Waals surface area (Å²) in [6.07, 6.45) is 0. The summed E-state index contributed by atoms with van der Waals surface area (Å²) in [5.74, 6) is 1.29. The molecule has 2 heterocycles. The summed E-state index contributed by atoms with van der Waals surface area (Å²) in [4.78, 5) is 17.4. The summed E-state index contributed by atoms with van der Waals surface area (Å²) in [6, 6.07) is 9.87. The maximum absolute atomic E-state index is 9.02. The number of benzene rings is 1. The molecule has 7 N–H and O–H groups in total. The van der Waals surface area contributed by atoms with Gasteiger partial charge in [0.25, 0.3) is 0 Å². The molecule has 1 aromatic carbocycles. The number of aliphatic hydroxyl groups excluding tert-OH is 2. The fourth-order valence-corrected chi connectivity index (χ4v) is 2.44. The lowest BCUT2D eigenvalue weighted by molar-refractivity contribution is 0.310. The van der Waals surface area contributed by atoms with Gasteiger partial charge in [0.05, 0.1) is 13.2 Å². The Morgan fingerprint density at radius 1 is 0.778 bits per heavy atom. The molecule has 0 saturated heterocycles. The molecule has 0 unspecified atom stereocenters. The van der Waals surface area contributed by atoms with Crippen LogP contribution in [0.15, 0.2) is 30.3 Å². The fourth-order valence-electron chi connectivity index (χ4n) is 2.44. The lowest BCUT2D eigenvalue weighted by Crippen LogP contribution is -2.14. The van der Waals surface area contributed by atoms with Crippen molar-refractivity contribution < 1.29 is 10.2 Å². The van der Waals surface area contributed by atoms with Crippen LogP contribution in [0.25, 0.3) is 11.0 Å². The zero-order chi connectivity index (χ0) is 19.1. The largest absolute Gasteiger partial charge is 0.395 e. The number of anilines is 4. The van der Waals surface area contributed by atoms with Crippen LogP contribution in [-0.2, 0) is 6.54 Å². The topological polar surface area (TPSA) is 154 Å². The van der Waals surface area contributed by atoms with Crippen molar-refractivity contribution in [3.8, 4) is 0 Å². The first-order chi connectivity index (χ1) is 13.2. The van der Waals surface area contributed by atoms with Gasteiger partial charge in [0, 0.05) is 19.6 Å². The molecule has 27 heavy (non-hydrogen) atoms. The molecule has 2 aromatic heterocycles. The molecule has 0 aliphatic rings. The molecule has 0 radical (unpaired) electrons. The Hall–Kier alpha value is -3.24. The first-order valence-corrected chi connectivity index (χ1v) is 8.53. The van der Waals surface area contributed by atoms with Crippen molar-refractivity contribution in [2.24, 2.45) is 0 Å². The molecule has 0 aliphatic heterocycles. The molecule has 10 nitrogen and oxygen atoms in total. The number of fused-ring (bicyclic) bond motifs is 1. The first-order valence-electron chi connectivity index (χ1n) is 8.53.